The minimum absolute atomic E-state index is 0.0361. The number of amides is 2. The molecule has 2 aromatic carbocycles. The molecule has 0 aliphatic heterocycles. The minimum atomic E-state index is -0.321. The van der Waals surface area contributed by atoms with Gasteiger partial charge in [-0.25, -0.2) is 4.39 Å². The van der Waals surface area contributed by atoms with Crippen LogP contribution in [0.3, 0.4) is 0 Å². The summed E-state index contributed by atoms with van der Waals surface area (Å²) in [6.45, 7) is 3.12. The number of carbonyl (C=O) groups excluding carboxylic acids is 2. The van der Waals surface area contributed by atoms with Crippen molar-refractivity contribution >= 4 is 11.8 Å². The van der Waals surface area contributed by atoms with E-state index in [1.807, 2.05) is 31.3 Å². The van der Waals surface area contributed by atoms with Crippen molar-refractivity contribution in [2.75, 3.05) is 13.1 Å². The van der Waals surface area contributed by atoms with Gasteiger partial charge in [-0.2, -0.15) is 5.10 Å². The van der Waals surface area contributed by atoms with Gasteiger partial charge in [-0.1, -0.05) is 24.3 Å². The lowest BCUT2D eigenvalue weighted by molar-refractivity contribution is -0.121. The lowest BCUT2D eigenvalue weighted by Crippen LogP contribution is -2.40. The summed E-state index contributed by atoms with van der Waals surface area (Å²) in [5, 5.41) is 6.92. The first-order valence-corrected chi connectivity index (χ1v) is 9.42. The number of nitrogens with one attached hydrogen (secondary N) is 1. The van der Waals surface area contributed by atoms with Crippen LogP contribution in [0, 0.1) is 5.82 Å². The Hall–Kier alpha value is -3.48. The van der Waals surface area contributed by atoms with E-state index in [0.717, 1.165) is 11.1 Å². The molecule has 0 aliphatic rings. The highest BCUT2D eigenvalue weighted by atomic mass is 19.1. The van der Waals surface area contributed by atoms with E-state index in [-0.39, 0.29) is 30.7 Å². The van der Waals surface area contributed by atoms with E-state index >= 15 is 0 Å². The molecule has 2 amide bonds. The van der Waals surface area contributed by atoms with Gasteiger partial charge in [0.2, 0.25) is 5.91 Å². The van der Waals surface area contributed by atoms with Crippen LogP contribution in [0.2, 0.25) is 0 Å². The van der Waals surface area contributed by atoms with Gasteiger partial charge in [0.05, 0.1) is 13.1 Å². The van der Waals surface area contributed by atoms with Crippen molar-refractivity contribution < 1.29 is 14.0 Å². The van der Waals surface area contributed by atoms with Crippen molar-refractivity contribution in [2.24, 2.45) is 0 Å². The van der Waals surface area contributed by atoms with Crippen LogP contribution in [-0.4, -0.2) is 39.6 Å². The monoisotopic (exact) mass is 394 g/mol. The zero-order valence-corrected chi connectivity index (χ0v) is 16.2. The normalized spacial score (nSPS) is 10.6. The number of carbonyl (C=O) groups is 2. The minimum Gasteiger partial charge on any atom is -0.350 e. The standard InChI is InChI=1S/C22H23FN4O2/c1-2-26(16-21(28)24-14-17-6-10-20(23)11-7-17)22(29)19-8-4-18(5-9-19)15-27-13-3-12-25-27/h3-13H,2,14-16H2,1H3,(H,24,28). The van der Waals surface area contributed by atoms with Crippen LogP contribution < -0.4 is 5.32 Å². The second-order valence-electron chi connectivity index (χ2n) is 6.62. The smallest absolute Gasteiger partial charge is 0.254 e. The number of rotatable bonds is 8. The van der Waals surface area contributed by atoms with Crippen LogP contribution in [0.5, 0.6) is 0 Å². The maximum Gasteiger partial charge on any atom is 0.254 e. The fourth-order valence-electron chi connectivity index (χ4n) is 2.88. The fourth-order valence-corrected chi connectivity index (χ4v) is 2.88. The van der Waals surface area contributed by atoms with Crippen molar-refractivity contribution in [2.45, 2.75) is 20.0 Å². The number of hydrogen-bond donors (Lipinski definition) is 1. The third kappa shape index (κ3) is 5.75. The Morgan fingerprint density at radius 2 is 1.76 bits per heavy atom. The van der Waals surface area contributed by atoms with E-state index in [0.29, 0.717) is 18.7 Å². The zero-order valence-electron chi connectivity index (χ0n) is 16.2. The maximum atomic E-state index is 12.9. The molecular formula is C22H23FN4O2. The van der Waals surface area contributed by atoms with E-state index < -0.39 is 0 Å². The van der Waals surface area contributed by atoms with Gasteiger partial charge >= 0.3 is 0 Å². The summed E-state index contributed by atoms with van der Waals surface area (Å²) in [6, 6.07) is 15.1. The van der Waals surface area contributed by atoms with Gasteiger partial charge in [0.15, 0.2) is 0 Å². The van der Waals surface area contributed by atoms with Gasteiger partial charge in [-0.05, 0) is 48.4 Å². The first kappa shape index (κ1) is 20.3. The highest BCUT2D eigenvalue weighted by Gasteiger charge is 2.17. The van der Waals surface area contributed by atoms with Crippen molar-refractivity contribution in [3.05, 3.63) is 89.5 Å². The molecule has 3 aromatic rings. The largest absolute Gasteiger partial charge is 0.350 e. The molecule has 29 heavy (non-hydrogen) atoms. The predicted molar refractivity (Wildman–Crippen MR) is 108 cm³/mol. The van der Waals surface area contributed by atoms with Gasteiger partial charge in [-0.15, -0.1) is 0 Å². The predicted octanol–water partition coefficient (Wildman–Crippen LogP) is 2.85. The summed E-state index contributed by atoms with van der Waals surface area (Å²) in [5.41, 5.74) is 2.36. The second kappa shape index (κ2) is 9.64. The van der Waals surface area contributed by atoms with Crippen LogP contribution in [0.4, 0.5) is 4.39 Å². The summed E-state index contributed by atoms with van der Waals surface area (Å²) in [6.07, 6.45) is 3.60. The van der Waals surface area contributed by atoms with Gasteiger partial charge < -0.3 is 10.2 Å². The van der Waals surface area contributed by atoms with E-state index in [2.05, 4.69) is 10.4 Å². The average Bonchev–Trinajstić information content (AvgIpc) is 3.25. The molecule has 0 atom stereocenters. The molecule has 1 N–H and O–H groups in total. The Bertz CT molecular complexity index is 938. The second-order valence-corrected chi connectivity index (χ2v) is 6.62. The molecule has 0 unspecified atom stereocenters. The van der Waals surface area contributed by atoms with Crippen molar-refractivity contribution in [3.63, 3.8) is 0 Å². The Morgan fingerprint density at radius 1 is 1.07 bits per heavy atom. The topological polar surface area (TPSA) is 67.2 Å². The average molecular weight is 394 g/mol. The number of nitrogens with zero attached hydrogens (tertiary/aromatic N) is 3. The van der Waals surface area contributed by atoms with Crippen LogP contribution >= 0.6 is 0 Å². The van der Waals surface area contributed by atoms with Gasteiger partial charge in [-0.3, -0.25) is 14.3 Å². The Balaban J connectivity index is 1.54. The number of hydrogen-bond acceptors (Lipinski definition) is 3. The Labute approximate surface area is 169 Å². The van der Waals surface area contributed by atoms with Gasteiger partial charge in [0.1, 0.15) is 5.82 Å². The molecule has 7 heteroatoms. The summed E-state index contributed by atoms with van der Waals surface area (Å²) in [4.78, 5) is 26.5. The molecule has 0 saturated carbocycles. The van der Waals surface area contributed by atoms with Crippen LogP contribution in [-0.2, 0) is 17.9 Å². The molecule has 0 spiro atoms. The molecule has 1 aromatic heterocycles. The van der Waals surface area contributed by atoms with Gasteiger partial charge in [0, 0.05) is 31.0 Å². The van der Waals surface area contributed by atoms with Crippen molar-refractivity contribution in [1.82, 2.24) is 20.0 Å². The van der Waals surface area contributed by atoms with E-state index in [4.69, 9.17) is 0 Å². The summed E-state index contributed by atoms with van der Waals surface area (Å²) < 4.78 is 14.7. The summed E-state index contributed by atoms with van der Waals surface area (Å²) in [5.74, 6) is -0.784. The van der Waals surface area contributed by atoms with E-state index in [1.165, 1.54) is 17.0 Å². The number of halogens is 1. The molecule has 1 heterocycles. The molecule has 3 rings (SSSR count). The number of aromatic nitrogens is 2. The molecule has 0 aliphatic carbocycles. The molecule has 0 fully saturated rings. The molecule has 150 valence electrons. The first-order chi connectivity index (χ1) is 14.0. The van der Waals surface area contributed by atoms with Crippen molar-refractivity contribution in [1.29, 1.82) is 0 Å². The number of benzene rings is 2. The lowest BCUT2D eigenvalue weighted by Gasteiger charge is -2.20. The van der Waals surface area contributed by atoms with Crippen LogP contribution in [0.15, 0.2) is 67.0 Å². The summed E-state index contributed by atoms with van der Waals surface area (Å²) >= 11 is 0. The molecule has 0 bridgehead atoms. The quantitative estimate of drug-likeness (QED) is 0.639. The lowest BCUT2D eigenvalue weighted by atomic mass is 10.1. The highest BCUT2D eigenvalue weighted by Crippen LogP contribution is 2.09. The third-order valence-corrected chi connectivity index (χ3v) is 4.51. The van der Waals surface area contributed by atoms with Crippen molar-refractivity contribution in [3.8, 4) is 0 Å². The maximum absolute atomic E-state index is 12.9. The number of likely N-dealkylation sites (N-methyl/N-ethyl adjacent to an activating group) is 1. The zero-order chi connectivity index (χ0) is 20.6. The molecule has 0 radical (unpaired) electrons. The van der Waals surface area contributed by atoms with Crippen LogP contribution in [0.1, 0.15) is 28.4 Å². The van der Waals surface area contributed by atoms with Crippen LogP contribution in [0.25, 0.3) is 0 Å². The molecule has 0 saturated heterocycles. The Kier molecular flexibility index (Phi) is 6.73. The SMILES string of the molecule is CCN(CC(=O)NCc1ccc(F)cc1)C(=O)c1ccc(Cn2cccn2)cc1. The molecule has 6 nitrogen and oxygen atoms in total. The van der Waals surface area contributed by atoms with Gasteiger partial charge in [0.25, 0.3) is 5.91 Å². The van der Waals surface area contributed by atoms with E-state index in [1.54, 1.807) is 35.1 Å². The first-order valence-electron chi connectivity index (χ1n) is 9.42. The summed E-state index contributed by atoms with van der Waals surface area (Å²) in [7, 11) is 0. The highest BCUT2D eigenvalue weighted by molar-refractivity contribution is 5.96. The Morgan fingerprint density at radius 3 is 2.38 bits per heavy atom. The fraction of sp³-hybridized carbons (Fsp3) is 0.227. The third-order valence-electron chi connectivity index (χ3n) is 4.51. The van der Waals surface area contributed by atoms with E-state index in [9.17, 15) is 14.0 Å². The molecular weight excluding hydrogens is 371 g/mol.